The molecule has 0 spiro atoms. The van der Waals surface area contributed by atoms with Gasteiger partial charge < -0.3 is 15.2 Å². The van der Waals surface area contributed by atoms with Crippen LogP contribution < -0.4 is 10.5 Å². The Bertz CT molecular complexity index is 371. The lowest BCUT2D eigenvalue weighted by atomic mass is 9.86. The van der Waals surface area contributed by atoms with Crippen molar-refractivity contribution in [2.45, 2.75) is 19.3 Å². The molecule has 0 aromatic heterocycles. The van der Waals surface area contributed by atoms with E-state index < -0.39 is 0 Å². The first kappa shape index (κ1) is 11.8. The summed E-state index contributed by atoms with van der Waals surface area (Å²) in [5.74, 6) is 0.879. The average Bonchev–Trinajstić information content (AvgIpc) is 2.26. The molecule has 2 N–H and O–H groups in total. The van der Waals surface area contributed by atoms with E-state index in [1.54, 1.807) is 24.3 Å². The molecule has 17 heavy (non-hydrogen) atoms. The van der Waals surface area contributed by atoms with Crippen LogP contribution in [0, 0.1) is 5.92 Å². The average molecular weight is 235 g/mol. The van der Waals surface area contributed by atoms with Gasteiger partial charge in [0.15, 0.2) is 6.61 Å². The van der Waals surface area contributed by atoms with Crippen LogP contribution in [0.4, 0.5) is 5.69 Å². The summed E-state index contributed by atoms with van der Waals surface area (Å²) in [4.78, 5) is 11.4. The van der Waals surface area contributed by atoms with E-state index in [2.05, 4.69) is 0 Å². The minimum atomic E-state index is -0.311. The second-order valence-electron chi connectivity index (χ2n) is 4.34. The number of carbonyl (C=O) groups is 1. The topological polar surface area (TPSA) is 61.5 Å². The van der Waals surface area contributed by atoms with E-state index in [4.69, 9.17) is 15.2 Å². The van der Waals surface area contributed by atoms with Crippen molar-refractivity contribution >= 4 is 11.7 Å². The summed E-state index contributed by atoms with van der Waals surface area (Å²) in [6, 6.07) is 6.92. The molecule has 0 heterocycles. The molecule has 0 aliphatic heterocycles. The van der Waals surface area contributed by atoms with E-state index in [0.29, 0.717) is 24.0 Å². The van der Waals surface area contributed by atoms with Crippen LogP contribution in [-0.2, 0) is 9.53 Å². The first-order chi connectivity index (χ1) is 8.24. The molecule has 4 nitrogen and oxygen atoms in total. The number of esters is 1. The highest BCUT2D eigenvalue weighted by atomic mass is 16.6. The van der Waals surface area contributed by atoms with Gasteiger partial charge in [0.2, 0.25) is 0 Å². The zero-order valence-corrected chi connectivity index (χ0v) is 9.72. The summed E-state index contributed by atoms with van der Waals surface area (Å²) in [6.07, 6.45) is 3.60. The maximum absolute atomic E-state index is 11.4. The van der Waals surface area contributed by atoms with Crippen LogP contribution in [0.3, 0.4) is 0 Å². The second-order valence-corrected chi connectivity index (χ2v) is 4.34. The van der Waals surface area contributed by atoms with Gasteiger partial charge in [-0.1, -0.05) is 6.42 Å². The standard InChI is InChI=1S/C13H17NO3/c14-11-4-6-12(7-5-11)16-9-13(15)17-8-10-2-1-3-10/h4-7,10H,1-3,8-9,14H2. The number of anilines is 1. The quantitative estimate of drug-likeness (QED) is 0.626. The third-order valence-electron chi connectivity index (χ3n) is 2.94. The third-order valence-corrected chi connectivity index (χ3v) is 2.94. The highest BCUT2D eigenvalue weighted by molar-refractivity contribution is 5.71. The molecule has 1 aliphatic rings. The van der Waals surface area contributed by atoms with Gasteiger partial charge in [0.25, 0.3) is 0 Å². The van der Waals surface area contributed by atoms with Crippen molar-refractivity contribution < 1.29 is 14.3 Å². The third kappa shape index (κ3) is 3.66. The minimum absolute atomic E-state index is 0.0450. The number of benzene rings is 1. The molecule has 1 fully saturated rings. The molecule has 1 saturated carbocycles. The van der Waals surface area contributed by atoms with E-state index in [1.165, 1.54) is 19.3 Å². The molecule has 1 aromatic rings. The lowest BCUT2D eigenvalue weighted by molar-refractivity contribution is -0.148. The summed E-state index contributed by atoms with van der Waals surface area (Å²) >= 11 is 0. The molecule has 0 radical (unpaired) electrons. The summed E-state index contributed by atoms with van der Waals surface area (Å²) in [6.45, 7) is 0.487. The van der Waals surface area contributed by atoms with Crippen LogP contribution in [0.15, 0.2) is 24.3 Å². The molecular formula is C13H17NO3. The molecule has 0 unspecified atom stereocenters. The van der Waals surface area contributed by atoms with Crippen LogP contribution in [0.25, 0.3) is 0 Å². The Morgan fingerprint density at radius 3 is 2.59 bits per heavy atom. The lowest BCUT2D eigenvalue weighted by Gasteiger charge is -2.24. The summed E-state index contributed by atoms with van der Waals surface area (Å²) in [5, 5.41) is 0. The van der Waals surface area contributed by atoms with Crippen molar-refractivity contribution in [3.05, 3.63) is 24.3 Å². The minimum Gasteiger partial charge on any atom is -0.482 e. The molecule has 0 amide bonds. The fraction of sp³-hybridized carbons (Fsp3) is 0.462. The summed E-state index contributed by atoms with van der Waals surface area (Å²) < 4.78 is 10.4. The summed E-state index contributed by atoms with van der Waals surface area (Å²) in [5.41, 5.74) is 6.21. The van der Waals surface area contributed by atoms with Crippen molar-refractivity contribution in [3.8, 4) is 5.75 Å². The molecule has 0 bridgehead atoms. The SMILES string of the molecule is Nc1ccc(OCC(=O)OCC2CCC2)cc1. The van der Waals surface area contributed by atoms with E-state index in [-0.39, 0.29) is 12.6 Å². The summed E-state index contributed by atoms with van der Waals surface area (Å²) in [7, 11) is 0. The first-order valence-electron chi connectivity index (χ1n) is 5.88. The molecule has 92 valence electrons. The van der Waals surface area contributed by atoms with Crippen LogP contribution in [0.1, 0.15) is 19.3 Å². The molecule has 1 aliphatic carbocycles. The molecule has 0 saturated heterocycles. The lowest BCUT2D eigenvalue weighted by Crippen LogP contribution is -2.23. The van der Waals surface area contributed by atoms with Gasteiger partial charge in [-0.2, -0.15) is 0 Å². The second kappa shape index (κ2) is 5.57. The number of rotatable bonds is 5. The van der Waals surface area contributed by atoms with E-state index in [9.17, 15) is 4.79 Å². The number of carbonyl (C=O) groups excluding carboxylic acids is 1. The smallest absolute Gasteiger partial charge is 0.344 e. The highest BCUT2D eigenvalue weighted by Gasteiger charge is 2.19. The van der Waals surface area contributed by atoms with Crippen LogP contribution in [0.2, 0.25) is 0 Å². The molecule has 1 aromatic carbocycles. The Kier molecular flexibility index (Phi) is 3.85. The normalized spacial score (nSPS) is 15.1. The number of nitrogen functional groups attached to an aromatic ring is 1. The fourth-order valence-corrected chi connectivity index (χ4v) is 1.62. The maximum Gasteiger partial charge on any atom is 0.344 e. The van der Waals surface area contributed by atoms with Gasteiger partial charge in [-0.05, 0) is 43.0 Å². The molecular weight excluding hydrogens is 218 g/mol. The van der Waals surface area contributed by atoms with Gasteiger partial charge in [-0.3, -0.25) is 0 Å². The van der Waals surface area contributed by atoms with Gasteiger partial charge in [0.1, 0.15) is 5.75 Å². The van der Waals surface area contributed by atoms with Gasteiger partial charge in [-0.25, -0.2) is 4.79 Å². The van der Waals surface area contributed by atoms with Gasteiger partial charge in [-0.15, -0.1) is 0 Å². The van der Waals surface area contributed by atoms with Gasteiger partial charge in [0, 0.05) is 5.69 Å². The van der Waals surface area contributed by atoms with Crippen molar-refractivity contribution in [2.75, 3.05) is 18.9 Å². The van der Waals surface area contributed by atoms with Gasteiger partial charge >= 0.3 is 5.97 Å². The van der Waals surface area contributed by atoms with Crippen LogP contribution >= 0.6 is 0 Å². The zero-order chi connectivity index (χ0) is 12.1. The van der Waals surface area contributed by atoms with Crippen LogP contribution in [-0.4, -0.2) is 19.2 Å². The number of nitrogens with two attached hydrogens (primary N) is 1. The number of hydrogen-bond donors (Lipinski definition) is 1. The monoisotopic (exact) mass is 235 g/mol. The molecule has 0 atom stereocenters. The van der Waals surface area contributed by atoms with Crippen molar-refractivity contribution in [1.29, 1.82) is 0 Å². The van der Waals surface area contributed by atoms with Gasteiger partial charge in [0.05, 0.1) is 6.61 Å². The van der Waals surface area contributed by atoms with Crippen molar-refractivity contribution in [1.82, 2.24) is 0 Å². The van der Waals surface area contributed by atoms with Crippen molar-refractivity contribution in [2.24, 2.45) is 5.92 Å². The largest absolute Gasteiger partial charge is 0.482 e. The molecule has 2 rings (SSSR count). The van der Waals surface area contributed by atoms with E-state index in [1.807, 2.05) is 0 Å². The predicted molar refractivity (Wildman–Crippen MR) is 64.6 cm³/mol. The molecule has 4 heteroatoms. The highest BCUT2D eigenvalue weighted by Crippen LogP contribution is 2.26. The Morgan fingerprint density at radius 2 is 2.00 bits per heavy atom. The Labute approximate surface area is 101 Å². The van der Waals surface area contributed by atoms with Crippen molar-refractivity contribution in [3.63, 3.8) is 0 Å². The van der Waals surface area contributed by atoms with Crippen LogP contribution in [0.5, 0.6) is 5.75 Å². The zero-order valence-electron chi connectivity index (χ0n) is 9.72. The predicted octanol–water partition coefficient (Wildman–Crippen LogP) is 1.99. The maximum atomic E-state index is 11.4. The first-order valence-corrected chi connectivity index (χ1v) is 5.88. The van der Waals surface area contributed by atoms with E-state index in [0.717, 1.165) is 0 Å². The fourth-order valence-electron chi connectivity index (χ4n) is 1.62. The Morgan fingerprint density at radius 1 is 1.29 bits per heavy atom. The number of hydrogen-bond acceptors (Lipinski definition) is 4. The Balaban J connectivity index is 1.66. The van der Waals surface area contributed by atoms with E-state index >= 15 is 0 Å². The Hall–Kier alpha value is -1.71. The number of ether oxygens (including phenoxy) is 2.